The van der Waals surface area contributed by atoms with Crippen LogP contribution in [0.3, 0.4) is 0 Å². The molecular weight excluding hydrogens is 386 g/mol. The fraction of sp³-hybridized carbons (Fsp3) is 0.333. The number of aryl methyl sites for hydroxylation is 2. The molecule has 0 aliphatic heterocycles. The van der Waals surface area contributed by atoms with Crippen LogP contribution in [0.4, 0.5) is 11.4 Å². The molecule has 1 aromatic carbocycles. The van der Waals surface area contributed by atoms with Crippen molar-refractivity contribution in [1.29, 1.82) is 0 Å². The summed E-state index contributed by atoms with van der Waals surface area (Å²) in [5.74, 6) is -0.271. The number of aromatic nitrogens is 3. The van der Waals surface area contributed by atoms with Crippen LogP contribution in [0.2, 0.25) is 0 Å². The van der Waals surface area contributed by atoms with E-state index in [1.165, 1.54) is 47.0 Å². The van der Waals surface area contributed by atoms with Gasteiger partial charge in [0.2, 0.25) is 5.91 Å². The van der Waals surface area contributed by atoms with E-state index in [2.05, 4.69) is 20.7 Å². The van der Waals surface area contributed by atoms with Gasteiger partial charge in [0.15, 0.2) is 0 Å². The number of fused-ring (bicyclic) bond motifs is 1. The minimum absolute atomic E-state index is 0.0836. The zero-order valence-corrected chi connectivity index (χ0v) is 17.0. The summed E-state index contributed by atoms with van der Waals surface area (Å²) < 4.78 is 1.49. The number of rotatable bonds is 5. The van der Waals surface area contributed by atoms with Gasteiger partial charge in [-0.25, -0.2) is 9.67 Å². The summed E-state index contributed by atoms with van der Waals surface area (Å²) in [6.45, 7) is 1.75. The summed E-state index contributed by atoms with van der Waals surface area (Å²) in [5, 5.41) is 9.77. The maximum Gasteiger partial charge on any atom is 0.265 e. The van der Waals surface area contributed by atoms with E-state index in [-0.39, 0.29) is 11.8 Å². The quantitative estimate of drug-likeness (QED) is 0.622. The highest BCUT2D eigenvalue weighted by Crippen LogP contribution is 2.29. The Kier molecular flexibility index (Phi) is 5.71. The van der Waals surface area contributed by atoms with Gasteiger partial charge in [0.05, 0.1) is 4.88 Å². The van der Waals surface area contributed by atoms with Gasteiger partial charge in [0.25, 0.3) is 5.91 Å². The fourth-order valence-electron chi connectivity index (χ4n) is 3.39. The third kappa shape index (κ3) is 4.54. The lowest BCUT2D eigenvalue weighted by Gasteiger charge is -2.12. The summed E-state index contributed by atoms with van der Waals surface area (Å²) in [4.78, 5) is 30.9. The molecule has 2 N–H and O–H groups in total. The molecule has 1 unspecified atom stereocenters. The molecule has 29 heavy (non-hydrogen) atoms. The van der Waals surface area contributed by atoms with Gasteiger partial charge >= 0.3 is 0 Å². The van der Waals surface area contributed by atoms with Crippen molar-refractivity contribution in [2.45, 2.75) is 45.1 Å². The first-order valence-electron chi connectivity index (χ1n) is 9.78. The van der Waals surface area contributed by atoms with Crippen LogP contribution in [0.15, 0.2) is 43.0 Å². The highest BCUT2D eigenvalue weighted by atomic mass is 32.1. The average Bonchev–Trinajstić information content (AvgIpc) is 3.35. The van der Waals surface area contributed by atoms with Gasteiger partial charge in [-0.1, -0.05) is 6.42 Å². The number of hydrogen-bond donors (Lipinski definition) is 2. The van der Waals surface area contributed by atoms with Crippen LogP contribution in [-0.2, 0) is 17.6 Å². The smallest absolute Gasteiger partial charge is 0.265 e. The number of thiophene rings is 1. The van der Waals surface area contributed by atoms with E-state index in [0.29, 0.717) is 11.4 Å². The Morgan fingerprint density at radius 2 is 1.79 bits per heavy atom. The minimum atomic E-state index is -0.467. The fourth-order valence-corrected chi connectivity index (χ4v) is 4.54. The average molecular weight is 410 g/mol. The molecule has 8 heteroatoms. The zero-order chi connectivity index (χ0) is 20.2. The third-order valence-electron chi connectivity index (χ3n) is 5.09. The van der Waals surface area contributed by atoms with Gasteiger partial charge in [-0.2, -0.15) is 5.10 Å². The van der Waals surface area contributed by atoms with E-state index in [1.54, 1.807) is 42.5 Å². The van der Waals surface area contributed by atoms with E-state index >= 15 is 0 Å². The SMILES string of the molecule is CC(C(=O)Nc1ccc(NC(=O)c2cc3c(s2)CCCCC3)cc1)n1cncn1. The Bertz CT molecular complexity index is 971. The van der Waals surface area contributed by atoms with Gasteiger partial charge < -0.3 is 10.6 Å². The van der Waals surface area contributed by atoms with Gasteiger partial charge in [0.1, 0.15) is 18.7 Å². The molecule has 1 atom stereocenters. The van der Waals surface area contributed by atoms with Crippen LogP contribution in [-0.4, -0.2) is 26.6 Å². The molecule has 2 amide bonds. The second kappa shape index (κ2) is 8.57. The highest BCUT2D eigenvalue weighted by Gasteiger charge is 2.17. The highest BCUT2D eigenvalue weighted by molar-refractivity contribution is 7.14. The summed E-state index contributed by atoms with van der Waals surface area (Å²) >= 11 is 1.61. The molecule has 0 spiro atoms. The molecule has 0 fully saturated rings. The number of benzene rings is 1. The lowest BCUT2D eigenvalue weighted by Crippen LogP contribution is -2.24. The zero-order valence-electron chi connectivity index (χ0n) is 16.2. The Labute approximate surface area is 173 Å². The number of nitrogens with one attached hydrogen (secondary N) is 2. The predicted molar refractivity (Wildman–Crippen MR) is 113 cm³/mol. The lowest BCUT2D eigenvalue weighted by atomic mass is 10.1. The van der Waals surface area contributed by atoms with Gasteiger partial charge in [0, 0.05) is 16.3 Å². The summed E-state index contributed by atoms with van der Waals surface area (Å²) in [6, 6.07) is 8.68. The molecule has 2 heterocycles. The van der Waals surface area contributed by atoms with E-state index in [9.17, 15) is 9.59 Å². The number of nitrogens with zero attached hydrogens (tertiary/aromatic N) is 3. The van der Waals surface area contributed by atoms with Crippen LogP contribution in [0.5, 0.6) is 0 Å². The Morgan fingerprint density at radius 1 is 1.07 bits per heavy atom. The lowest BCUT2D eigenvalue weighted by molar-refractivity contribution is -0.119. The molecule has 4 rings (SSSR count). The van der Waals surface area contributed by atoms with Crippen LogP contribution in [0.1, 0.15) is 52.3 Å². The molecule has 0 saturated heterocycles. The molecule has 2 aromatic heterocycles. The van der Waals surface area contributed by atoms with Gasteiger partial charge in [-0.05, 0) is 68.5 Å². The maximum absolute atomic E-state index is 12.6. The summed E-state index contributed by atoms with van der Waals surface area (Å²) in [6.07, 6.45) is 8.73. The molecular formula is C21H23N5O2S. The molecule has 1 aliphatic carbocycles. The second-order valence-electron chi connectivity index (χ2n) is 7.19. The first-order valence-corrected chi connectivity index (χ1v) is 10.6. The molecule has 7 nitrogen and oxygen atoms in total. The Balaban J connectivity index is 1.37. The number of carbonyl (C=O) groups is 2. The van der Waals surface area contributed by atoms with E-state index in [4.69, 9.17) is 0 Å². The van der Waals surface area contributed by atoms with Crippen molar-refractivity contribution < 1.29 is 9.59 Å². The van der Waals surface area contributed by atoms with Gasteiger partial charge in [-0.3, -0.25) is 9.59 Å². The van der Waals surface area contributed by atoms with Crippen molar-refractivity contribution in [3.05, 3.63) is 58.3 Å². The van der Waals surface area contributed by atoms with Crippen molar-refractivity contribution in [3.8, 4) is 0 Å². The van der Waals surface area contributed by atoms with Crippen molar-refractivity contribution in [2.75, 3.05) is 10.6 Å². The van der Waals surface area contributed by atoms with Crippen molar-refractivity contribution >= 4 is 34.5 Å². The Morgan fingerprint density at radius 3 is 2.52 bits per heavy atom. The molecule has 3 aromatic rings. The van der Waals surface area contributed by atoms with E-state index in [1.807, 2.05) is 6.07 Å². The number of hydrogen-bond acceptors (Lipinski definition) is 5. The standard InChI is InChI=1S/C21H23N5O2S/c1-14(26-13-22-12-23-26)20(27)24-16-7-9-17(10-8-16)25-21(28)19-11-15-5-3-2-4-6-18(15)29-19/h7-14H,2-6H2,1H3,(H,24,27)(H,25,28). The minimum Gasteiger partial charge on any atom is -0.324 e. The number of carbonyl (C=O) groups excluding carboxylic acids is 2. The molecule has 0 bridgehead atoms. The topological polar surface area (TPSA) is 88.9 Å². The molecule has 0 saturated carbocycles. The van der Waals surface area contributed by atoms with Crippen LogP contribution < -0.4 is 10.6 Å². The van der Waals surface area contributed by atoms with Crippen LogP contribution in [0, 0.1) is 0 Å². The van der Waals surface area contributed by atoms with Crippen molar-refractivity contribution in [2.24, 2.45) is 0 Å². The normalized spacial score (nSPS) is 14.5. The molecule has 1 aliphatic rings. The number of anilines is 2. The second-order valence-corrected chi connectivity index (χ2v) is 8.33. The summed E-state index contributed by atoms with van der Waals surface area (Å²) in [5.41, 5.74) is 2.68. The van der Waals surface area contributed by atoms with Crippen LogP contribution >= 0.6 is 11.3 Å². The van der Waals surface area contributed by atoms with Crippen molar-refractivity contribution in [1.82, 2.24) is 14.8 Å². The largest absolute Gasteiger partial charge is 0.324 e. The monoisotopic (exact) mass is 409 g/mol. The number of amides is 2. The third-order valence-corrected chi connectivity index (χ3v) is 6.33. The first kappa shape index (κ1) is 19.3. The molecule has 150 valence electrons. The first-order chi connectivity index (χ1) is 14.1. The molecule has 0 radical (unpaired) electrons. The van der Waals surface area contributed by atoms with Gasteiger partial charge in [-0.15, -0.1) is 11.3 Å². The van der Waals surface area contributed by atoms with Crippen molar-refractivity contribution in [3.63, 3.8) is 0 Å². The van der Waals surface area contributed by atoms with E-state index < -0.39 is 6.04 Å². The summed E-state index contributed by atoms with van der Waals surface area (Å²) in [7, 11) is 0. The van der Waals surface area contributed by atoms with E-state index in [0.717, 1.165) is 17.7 Å². The predicted octanol–water partition coefficient (Wildman–Crippen LogP) is 4.06. The van der Waals surface area contributed by atoms with Crippen LogP contribution in [0.25, 0.3) is 0 Å². The Hall–Kier alpha value is -3.00. The maximum atomic E-state index is 12.6.